The maximum Gasteiger partial charge on any atom is 0.270 e. The number of pyridine rings is 2. The number of ether oxygens (including phenoxy) is 2. The van der Waals surface area contributed by atoms with Crippen LogP contribution in [0.1, 0.15) is 47.3 Å². The van der Waals surface area contributed by atoms with E-state index in [2.05, 4.69) is 15.3 Å². The van der Waals surface area contributed by atoms with E-state index >= 15 is 0 Å². The summed E-state index contributed by atoms with van der Waals surface area (Å²) in [5.74, 6) is -0.407. The molecule has 0 saturated carbocycles. The Balaban J connectivity index is 1.57. The van der Waals surface area contributed by atoms with E-state index in [4.69, 9.17) is 9.47 Å². The van der Waals surface area contributed by atoms with Crippen LogP contribution in [0.25, 0.3) is 16.6 Å². The fourth-order valence-electron chi connectivity index (χ4n) is 3.74. The second kappa shape index (κ2) is 9.89. The minimum Gasteiger partial charge on any atom is -0.349 e. The number of rotatable bonds is 8. The van der Waals surface area contributed by atoms with Crippen molar-refractivity contribution in [3.8, 4) is 0 Å². The Morgan fingerprint density at radius 1 is 1.12 bits per heavy atom. The number of amides is 1. The number of hydrogen-bond donors (Lipinski definition) is 1. The second-order valence-corrected chi connectivity index (χ2v) is 7.59. The minimum atomic E-state index is -0.473. The van der Waals surface area contributed by atoms with Gasteiger partial charge in [-0.3, -0.25) is 19.0 Å². The summed E-state index contributed by atoms with van der Waals surface area (Å²) < 4.78 is 12.8. The van der Waals surface area contributed by atoms with Crippen LogP contribution in [0.15, 0.2) is 59.7 Å². The van der Waals surface area contributed by atoms with Crippen LogP contribution in [0.3, 0.4) is 0 Å². The van der Waals surface area contributed by atoms with Crippen molar-refractivity contribution >= 4 is 22.5 Å². The van der Waals surface area contributed by atoms with Crippen molar-refractivity contribution in [3.63, 3.8) is 0 Å². The van der Waals surface area contributed by atoms with E-state index < -0.39 is 12.2 Å². The Hall–Kier alpha value is -3.62. The minimum absolute atomic E-state index is 0.0870. The van der Waals surface area contributed by atoms with Crippen molar-refractivity contribution in [1.82, 2.24) is 19.7 Å². The molecule has 0 radical (unpaired) electrons. The van der Waals surface area contributed by atoms with Gasteiger partial charge in [0, 0.05) is 49.2 Å². The zero-order chi connectivity index (χ0) is 23.4. The highest BCUT2D eigenvalue weighted by atomic mass is 16.7. The number of nitrogens with zero attached hydrogens (tertiary/aromatic N) is 3. The molecule has 0 aliphatic carbocycles. The van der Waals surface area contributed by atoms with Gasteiger partial charge >= 0.3 is 0 Å². The van der Waals surface area contributed by atoms with Crippen LogP contribution in [0.4, 0.5) is 0 Å². The van der Waals surface area contributed by atoms with E-state index in [1.54, 1.807) is 30.6 Å². The Morgan fingerprint density at radius 2 is 1.91 bits per heavy atom. The summed E-state index contributed by atoms with van der Waals surface area (Å²) in [6, 6.07) is 12.4. The number of carbonyl (C=O) groups excluding carboxylic acids is 1. The molecule has 0 atom stereocenters. The van der Waals surface area contributed by atoms with Crippen LogP contribution in [0.2, 0.25) is 0 Å². The number of fused-ring (bicyclic) bond motifs is 2. The predicted molar refractivity (Wildman–Crippen MR) is 125 cm³/mol. The van der Waals surface area contributed by atoms with Crippen molar-refractivity contribution in [1.29, 1.82) is 0 Å². The zero-order valence-corrected chi connectivity index (χ0v) is 18.9. The van der Waals surface area contributed by atoms with Gasteiger partial charge in [-0.1, -0.05) is 12.1 Å². The first-order valence-electron chi connectivity index (χ1n) is 10.9. The maximum absolute atomic E-state index is 12.7. The van der Waals surface area contributed by atoms with Crippen LogP contribution >= 0.6 is 0 Å². The van der Waals surface area contributed by atoms with E-state index in [1.807, 2.05) is 39.0 Å². The van der Waals surface area contributed by atoms with Gasteiger partial charge in [0.1, 0.15) is 11.3 Å². The summed E-state index contributed by atoms with van der Waals surface area (Å²) in [4.78, 5) is 33.8. The molecule has 170 valence electrons. The average Bonchev–Trinajstić information content (AvgIpc) is 2.82. The third-order valence-corrected chi connectivity index (χ3v) is 5.22. The van der Waals surface area contributed by atoms with Gasteiger partial charge in [0.05, 0.1) is 5.52 Å². The number of hydrogen-bond acceptors (Lipinski definition) is 6. The molecule has 1 amide bonds. The van der Waals surface area contributed by atoms with Crippen LogP contribution in [0.5, 0.6) is 0 Å². The molecular weight excluding hydrogens is 420 g/mol. The first-order valence-corrected chi connectivity index (χ1v) is 10.9. The van der Waals surface area contributed by atoms with E-state index in [1.165, 1.54) is 10.5 Å². The second-order valence-electron chi connectivity index (χ2n) is 7.59. The lowest BCUT2D eigenvalue weighted by atomic mass is 10.0. The fourth-order valence-corrected chi connectivity index (χ4v) is 3.74. The molecule has 1 N–H and O–H groups in total. The Labute approximate surface area is 191 Å². The molecule has 8 heteroatoms. The first kappa shape index (κ1) is 22.6. The number of carbonyl (C=O) groups is 1. The van der Waals surface area contributed by atoms with Gasteiger partial charge in [-0.25, -0.2) is 4.98 Å². The molecule has 0 aliphatic heterocycles. The smallest absolute Gasteiger partial charge is 0.270 e. The van der Waals surface area contributed by atoms with Gasteiger partial charge in [0.2, 0.25) is 0 Å². The Bertz CT molecular complexity index is 1360. The molecule has 4 aromatic rings. The molecule has 0 bridgehead atoms. The molecular formula is C25H26N4O4. The molecule has 3 aromatic heterocycles. The van der Waals surface area contributed by atoms with Gasteiger partial charge in [-0.2, -0.15) is 0 Å². The van der Waals surface area contributed by atoms with Crippen LogP contribution < -0.4 is 10.9 Å². The highest BCUT2D eigenvalue weighted by Crippen LogP contribution is 2.25. The van der Waals surface area contributed by atoms with E-state index in [-0.39, 0.29) is 17.8 Å². The number of benzene rings is 1. The van der Waals surface area contributed by atoms with Crippen LogP contribution in [-0.2, 0) is 16.0 Å². The number of nitrogens with one attached hydrogen (secondary N) is 1. The molecule has 0 fully saturated rings. The summed E-state index contributed by atoms with van der Waals surface area (Å²) in [6.07, 6.45) is 2.92. The topological polar surface area (TPSA) is 94.8 Å². The largest absolute Gasteiger partial charge is 0.349 e. The maximum atomic E-state index is 12.7. The molecule has 0 saturated heterocycles. The summed E-state index contributed by atoms with van der Waals surface area (Å²) >= 11 is 0. The number of aromatic nitrogens is 3. The Kier molecular flexibility index (Phi) is 6.76. The highest BCUT2D eigenvalue weighted by Gasteiger charge is 2.14. The zero-order valence-electron chi connectivity index (χ0n) is 18.9. The molecule has 0 aliphatic rings. The molecule has 4 rings (SSSR count). The summed E-state index contributed by atoms with van der Waals surface area (Å²) in [7, 11) is 0. The quantitative estimate of drug-likeness (QED) is 0.416. The third-order valence-electron chi connectivity index (χ3n) is 5.22. The highest BCUT2D eigenvalue weighted by molar-refractivity contribution is 5.92. The van der Waals surface area contributed by atoms with Crippen molar-refractivity contribution < 1.29 is 14.3 Å². The van der Waals surface area contributed by atoms with Crippen molar-refractivity contribution in [2.45, 2.75) is 33.6 Å². The molecule has 1 aromatic carbocycles. The van der Waals surface area contributed by atoms with Gasteiger partial charge in [-0.05, 0) is 56.2 Å². The standard InChI is InChI=1S/C25H26N4O4/c1-4-32-25(33-5-2)19-12-18-11-17(10-16(3)23(18)26-15-19)14-27-24(31)20-13-22(30)29-9-7-6-8-21(29)28-20/h6-13,15,25H,4-5,14H2,1-3H3,(H,27,31). The lowest BCUT2D eigenvalue weighted by Gasteiger charge is -2.18. The van der Waals surface area contributed by atoms with Crippen molar-refractivity contribution in [2.24, 2.45) is 0 Å². The predicted octanol–water partition coefficient (Wildman–Crippen LogP) is 3.55. The van der Waals surface area contributed by atoms with Gasteiger partial charge in [0.25, 0.3) is 11.5 Å². The average molecular weight is 447 g/mol. The van der Waals surface area contributed by atoms with Crippen molar-refractivity contribution in [3.05, 3.63) is 87.6 Å². The van der Waals surface area contributed by atoms with Crippen LogP contribution in [0, 0.1) is 6.92 Å². The van der Waals surface area contributed by atoms with Gasteiger partial charge in [0.15, 0.2) is 6.29 Å². The molecule has 8 nitrogen and oxygen atoms in total. The SMILES string of the molecule is CCOC(OCC)c1cnc2c(C)cc(CNC(=O)c3cc(=O)n4ccccc4n3)cc2c1. The monoisotopic (exact) mass is 446 g/mol. The molecule has 33 heavy (non-hydrogen) atoms. The van der Waals surface area contributed by atoms with E-state index in [0.29, 0.717) is 18.9 Å². The van der Waals surface area contributed by atoms with Crippen molar-refractivity contribution in [2.75, 3.05) is 13.2 Å². The van der Waals surface area contributed by atoms with Crippen LogP contribution in [-0.4, -0.2) is 33.5 Å². The summed E-state index contributed by atoms with van der Waals surface area (Å²) in [6.45, 7) is 7.17. The van der Waals surface area contributed by atoms with Gasteiger partial charge < -0.3 is 14.8 Å². The molecule has 0 unspecified atom stereocenters. The lowest BCUT2D eigenvalue weighted by Crippen LogP contribution is -2.27. The Morgan fingerprint density at radius 3 is 2.67 bits per heavy atom. The fraction of sp³-hybridized carbons (Fsp3) is 0.280. The third kappa shape index (κ3) is 4.92. The number of aryl methyl sites for hydroxylation is 1. The molecule has 3 heterocycles. The normalized spacial score (nSPS) is 11.4. The van der Waals surface area contributed by atoms with E-state index in [9.17, 15) is 9.59 Å². The van der Waals surface area contributed by atoms with E-state index in [0.717, 1.165) is 27.6 Å². The summed E-state index contributed by atoms with van der Waals surface area (Å²) in [5.41, 5.74) is 3.84. The lowest BCUT2D eigenvalue weighted by molar-refractivity contribution is -0.140. The first-order chi connectivity index (χ1) is 16.0. The molecule has 0 spiro atoms. The van der Waals surface area contributed by atoms with Gasteiger partial charge in [-0.15, -0.1) is 0 Å². The summed E-state index contributed by atoms with van der Waals surface area (Å²) in [5, 5.41) is 3.79.